The van der Waals surface area contributed by atoms with E-state index in [0.717, 1.165) is 5.56 Å². The molecule has 2 unspecified atom stereocenters. The van der Waals surface area contributed by atoms with Crippen molar-refractivity contribution in [2.75, 3.05) is 25.4 Å². The number of nitrogens with one attached hydrogen (secondary N) is 2. The first-order valence-corrected chi connectivity index (χ1v) is 8.47. The topological polar surface area (TPSA) is 78.4 Å². The number of hydrogen-bond donors (Lipinski definition) is 3. The number of sulfonamides is 1. The first kappa shape index (κ1) is 17.1. The average Bonchev–Trinajstić information content (AvgIpc) is 2.38. The summed E-state index contributed by atoms with van der Waals surface area (Å²) in [7, 11) is -3.28. The van der Waals surface area contributed by atoms with E-state index in [9.17, 15) is 8.42 Å². The van der Waals surface area contributed by atoms with Crippen LogP contribution in [0, 0.1) is 0 Å². The van der Waals surface area contributed by atoms with Gasteiger partial charge in [0.1, 0.15) is 0 Å². The van der Waals surface area contributed by atoms with Crippen molar-refractivity contribution in [2.45, 2.75) is 25.9 Å². The van der Waals surface area contributed by atoms with Crippen LogP contribution in [-0.4, -0.2) is 45.0 Å². The smallest absolute Gasteiger partial charge is 0.212 e. The Morgan fingerprint density at radius 1 is 1.15 bits per heavy atom. The Morgan fingerprint density at radius 2 is 1.80 bits per heavy atom. The average molecular weight is 300 g/mol. The summed E-state index contributed by atoms with van der Waals surface area (Å²) in [6, 6.07) is 9.60. The van der Waals surface area contributed by atoms with Crippen molar-refractivity contribution >= 4 is 10.0 Å². The van der Waals surface area contributed by atoms with Gasteiger partial charge >= 0.3 is 0 Å². The van der Waals surface area contributed by atoms with Crippen molar-refractivity contribution < 1.29 is 13.5 Å². The molecule has 0 amide bonds. The normalized spacial score (nSPS) is 14.9. The summed E-state index contributed by atoms with van der Waals surface area (Å²) in [4.78, 5) is 0. The second kappa shape index (κ2) is 8.36. The molecule has 0 bridgehead atoms. The SMILES string of the molecule is CC(O)CNCCNS(=O)(=O)CC(C)c1ccccc1. The number of rotatable bonds is 9. The van der Waals surface area contributed by atoms with E-state index in [4.69, 9.17) is 5.11 Å². The second-order valence-corrected chi connectivity index (χ2v) is 6.89. The quantitative estimate of drug-likeness (QED) is 0.586. The molecular weight excluding hydrogens is 276 g/mol. The molecule has 20 heavy (non-hydrogen) atoms. The highest BCUT2D eigenvalue weighted by atomic mass is 32.2. The van der Waals surface area contributed by atoms with Gasteiger partial charge in [0.25, 0.3) is 0 Å². The van der Waals surface area contributed by atoms with E-state index in [-0.39, 0.29) is 11.7 Å². The molecule has 0 aliphatic carbocycles. The Hall–Kier alpha value is -0.950. The number of aliphatic hydroxyl groups excluding tert-OH is 1. The molecule has 0 spiro atoms. The van der Waals surface area contributed by atoms with Crippen LogP contribution in [0.1, 0.15) is 25.3 Å². The fraction of sp³-hybridized carbons (Fsp3) is 0.571. The van der Waals surface area contributed by atoms with Gasteiger partial charge in [-0.1, -0.05) is 37.3 Å². The van der Waals surface area contributed by atoms with Crippen molar-refractivity contribution in [1.82, 2.24) is 10.0 Å². The van der Waals surface area contributed by atoms with Gasteiger partial charge in [0.05, 0.1) is 11.9 Å². The minimum atomic E-state index is -3.28. The summed E-state index contributed by atoms with van der Waals surface area (Å²) in [5.41, 5.74) is 1.02. The predicted molar refractivity (Wildman–Crippen MR) is 81.2 cm³/mol. The molecule has 0 saturated heterocycles. The third-order valence-corrected chi connectivity index (χ3v) is 4.48. The maximum absolute atomic E-state index is 11.9. The lowest BCUT2D eigenvalue weighted by Crippen LogP contribution is -2.36. The molecule has 0 aliphatic heterocycles. The van der Waals surface area contributed by atoms with Crippen molar-refractivity contribution in [3.8, 4) is 0 Å². The van der Waals surface area contributed by atoms with E-state index in [2.05, 4.69) is 10.0 Å². The van der Waals surface area contributed by atoms with Crippen molar-refractivity contribution in [2.24, 2.45) is 0 Å². The summed E-state index contributed by atoms with van der Waals surface area (Å²) in [6.45, 7) is 4.88. The lowest BCUT2D eigenvalue weighted by Gasteiger charge is -2.13. The highest BCUT2D eigenvalue weighted by Crippen LogP contribution is 2.15. The fourth-order valence-electron chi connectivity index (χ4n) is 1.87. The van der Waals surface area contributed by atoms with Gasteiger partial charge in [0.15, 0.2) is 0 Å². The Morgan fingerprint density at radius 3 is 2.40 bits per heavy atom. The van der Waals surface area contributed by atoms with E-state index in [1.54, 1.807) is 6.92 Å². The molecule has 1 rings (SSSR count). The van der Waals surface area contributed by atoms with Crippen LogP contribution in [0.25, 0.3) is 0 Å². The van der Waals surface area contributed by atoms with Crippen LogP contribution in [0.3, 0.4) is 0 Å². The lowest BCUT2D eigenvalue weighted by molar-refractivity contribution is 0.192. The monoisotopic (exact) mass is 300 g/mol. The van der Waals surface area contributed by atoms with Crippen LogP contribution in [0.4, 0.5) is 0 Å². The van der Waals surface area contributed by atoms with Crippen LogP contribution in [0.5, 0.6) is 0 Å². The van der Waals surface area contributed by atoms with Crippen LogP contribution in [0.2, 0.25) is 0 Å². The summed E-state index contributed by atoms with van der Waals surface area (Å²) >= 11 is 0. The molecule has 0 fully saturated rings. The Balaban J connectivity index is 2.34. The minimum absolute atomic E-state index is 0.0425. The van der Waals surface area contributed by atoms with Gasteiger partial charge in [-0.25, -0.2) is 13.1 Å². The molecule has 3 N–H and O–H groups in total. The van der Waals surface area contributed by atoms with E-state index < -0.39 is 16.1 Å². The van der Waals surface area contributed by atoms with Gasteiger partial charge in [-0.15, -0.1) is 0 Å². The van der Waals surface area contributed by atoms with Crippen LogP contribution >= 0.6 is 0 Å². The van der Waals surface area contributed by atoms with Gasteiger partial charge < -0.3 is 10.4 Å². The standard InChI is InChI=1S/C14H24N2O3S/c1-12(14-6-4-3-5-7-14)11-20(18,19)16-9-8-15-10-13(2)17/h3-7,12-13,15-17H,8-11H2,1-2H3. The Bertz CT molecular complexity index is 474. The molecule has 114 valence electrons. The first-order chi connectivity index (χ1) is 9.41. The molecule has 2 atom stereocenters. The van der Waals surface area contributed by atoms with Gasteiger partial charge in [0.2, 0.25) is 10.0 Å². The summed E-state index contributed by atoms with van der Waals surface area (Å²) < 4.78 is 26.4. The van der Waals surface area contributed by atoms with E-state index in [0.29, 0.717) is 19.6 Å². The highest BCUT2D eigenvalue weighted by molar-refractivity contribution is 7.89. The molecule has 0 aliphatic rings. The second-order valence-electron chi connectivity index (χ2n) is 5.04. The third kappa shape index (κ3) is 7.00. The maximum Gasteiger partial charge on any atom is 0.212 e. The first-order valence-electron chi connectivity index (χ1n) is 6.82. The van der Waals surface area contributed by atoms with Crippen molar-refractivity contribution in [1.29, 1.82) is 0 Å². The molecule has 5 nitrogen and oxygen atoms in total. The van der Waals surface area contributed by atoms with Gasteiger partial charge in [-0.2, -0.15) is 0 Å². The van der Waals surface area contributed by atoms with Crippen molar-refractivity contribution in [3.63, 3.8) is 0 Å². The zero-order chi connectivity index (χ0) is 15.0. The predicted octanol–water partition coefficient (Wildman–Crippen LogP) is 0.680. The molecule has 0 aromatic heterocycles. The van der Waals surface area contributed by atoms with Gasteiger partial charge in [0, 0.05) is 19.6 Å². The highest BCUT2D eigenvalue weighted by Gasteiger charge is 2.16. The zero-order valence-corrected chi connectivity index (χ0v) is 12.9. The van der Waals surface area contributed by atoms with Crippen LogP contribution in [0.15, 0.2) is 30.3 Å². The van der Waals surface area contributed by atoms with Crippen LogP contribution in [-0.2, 0) is 10.0 Å². The fourth-order valence-corrected chi connectivity index (χ4v) is 3.25. The number of aliphatic hydroxyl groups is 1. The molecular formula is C14H24N2O3S. The van der Waals surface area contributed by atoms with Crippen molar-refractivity contribution in [3.05, 3.63) is 35.9 Å². The summed E-state index contributed by atoms with van der Waals surface area (Å²) in [6.07, 6.45) is -0.426. The van der Waals surface area contributed by atoms with Crippen LogP contribution < -0.4 is 10.0 Å². The molecule has 0 saturated carbocycles. The molecule has 1 aromatic carbocycles. The van der Waals surface area contributed by atoms with Gasteiger partial charge in [-0.3, -0.25) is 0 Å². The van der Waals surface area contributed by atoms with Gasteiger partial charge in [-0.05, 0) is 18.4 Å². The largest absolute Gasteiger partial charge is 0.392 e. The lowest BCUT2D eigenvalue weighted by atomic mass is 10.0. The summed E-state index contributed by atoms with van der Waals surface area (Å²) in [5, 5.41) is 12.0. The van der Waals surface area contributed by atoms with E-state index >= 15 is 0 Å². The number of hydrogen-bond acceptors (Lipinski definition) is 4. The number of benzene rings is 1. The third-order valence-electron chi connectivity index (χ3n) is 2.90. The zero-order valence-electron chi connectivity index (χ0n) is 12.0. The minimum Gasteiger partial charge on any atom is -0.392 e. The molecule has 1 aromatic rings. The summed E-state index contributed by atoms with van der Waals surface area (Å²) in [5.74, 6) is 0.0343. The maximum atomic E-state index is 11.9. The Kier molecular flexibility index (Phi) is 7.15. The Labute approximate surface area is 121 Å². The molecule has 0 heterocycles. The molecule has 6 heteroatoms. The van der Waals surface area contributed by atoms with E-state index in [1.807, 2.05) is 37.3 Å². The van der Waals surface area contributed by atoms with E-state index in [1.165, 1.54) is 0 Å². The molecule has 0 radical (unpaired) electrons.